The highest BCUT2D eigenvalue weighted by molar-refractivity contribution is 7.92. The molecule has 1 N–H and O–H groups in total. The van der Waals surface area contributed by atoms with Crippen LogP contribution in [0.25, 0.3) is 0 Å². The van der Waals surface area contributed by atoms with Crippen LogP contribution in [0.4, 0.5) is 5.69 Å². The number of amides is 2. The number of halogens is 4. The van der Waals surface area contributed by atoms with Crippen LogP contribution in [0.3, 0.4) is 0 Å². The summed E-state index contributed by atoms with van der Waals surface area (Å²) in [4.78, 5) is 27.7. The van der Waals surface area contributed by atoms with Gasteiger partial charge in [-0.2, -0.15) is 0 Å². The molecule has 0 heterocycles. The highest BCUT2D eigenvalue weighted by Crippen LogP contribution is 2.31. The second-order valence-electron chi connectivity index (χ2n) is 8.75. The number of nitrogens with one attached hydrogen (secondary N) is 1. The van der Waals surface area contributed by atoms with Gasteiger partial charge in [-0.05, 0) is 57.0 Å². The van der Waals surface area contributed by atoms with Gasteiger partial charge in [0.25, 0.3) is 0 Å². The molecule has 2 atom stereocenters. The Balaban J connectivity index is 2.26. The highest BCUT2D eigenvalue weighted by atomic mass is 35.5. The van der Waals surface area contributed by atoms with Crippen LogP contribution < -0.4 is 9.62 Å². The van der Waals surface area contributed by atoms with E-state index in [1.54, 1.807) is 31.2 Å². The van der Waals surface area contributed by atoms with Crippen LogP contribution in [-0.4, -0.2) is 50.0 Å². The summed E-state index contributed by atoms with van der Waals surface area (Å²) in [6.07, 6.45) is 1.92. The Hall–Kier alpha value is -1.71. The number of benzene rings is 2. The molecule has 2 amide bonds. The van der Waals surface area contributed by atoms with Gasteiger partial charge in [0.2, 0.25) is 21.8 Å². The zero-order valence-electron chi connectivity index (χ0n) is 21.1. The zero-order valence-corrected chi connectivity index (χ0v) is 24.9. The van der Waals surface area contributed by atoms with Crippen molar-refractivity contribution in [1.29, 1.82) is 0 Å². The third-order valence-electron chi connectivity index (χ3n) is 5.89. The average molecular weight is 611 g/mol. The predicted octanol–water partition coefficient (Wildman–Crippen LogP) is 6.18. The lowest BCUT2D eigenvalue weighted by Crippen LogP contribution is -2.49. The minimum atomic E-state index is -3.72. The van der Waals surface area contributed by atoms with Gasteiger partial charge < -0.3 is 10.2 Å². The summed E-state index contributed by atoms with van der Waals surface area (Å²) in [6, 6.07) is 8.65. The van der Waals surface area contributed by atoms with E-state index in [1.165, 1.54) is 17.0 Å². The van der Waals surface area contributed by atoms with Crippen molar-refractivity contribution in [1.82, 2.24) is 10.2 Å². The molecule has 0 saturated heterocycles. The molecule has 0 aliphatic carbocycles. The van der Waals surface area contributed by atoms with E-state index >= 15 is 0 Å². The topological polar surface area (TPSA) is 86.8 Å². The first-order valence-corrected chi connectivity index (χ1v) is 15.1. The van der Waals surface area contributed by atoms with E-state index < -0.39 is 16.1 Å². The maximum atomic E-state index is 13.4. The second kappa shape index (κ2) is 13.9. The normalized spacial score (nSPS) is 13.1. The molecule has 0 fully saturated rings. The number of sulfonamides is 1. The molecule has 0 radical (unpaired) electrons. The molecule has 0 bridgehead atoms. The number of hydrogen-bond acceptors (Lipinski definition) is 4. The van der Waals surface area contributed by atoms with Gasteiger partial charge in [-0.15, -0.1) is 0 Å². The SMILES string of the molecule is CCC(C)NC(=O)C(C)N(Cc1c(Cl)cccc1Cl)C(=O)CCCN(c1cc(Cl)ccc1Cl)S(C)(=O)=O. The predicted molar refractivity (Wildman–Crippen MR) is 152 cm³/mol. The standard InChI is InChI=1S/C25H31Cl4N3O4S/c1-5-16(2)30-25(34)17(3)31(15-19-20(27)8-6-9-21(19)28)24(33)10-7-13-32(37(4,35)36)23-14-18(26)11-12-22(23)29/h6,8-9,11-12,14,16-17H,5,7,10,13,15H2,1-4H3,(H,30,34). The number of rotatable bonds is 12. The largest absolute Gasteiger partial charge is 0.352 e. The molecule has 7 nitrogen and oxygen atoms in total. The van der Waals surface area contributed by atoms with E-state index in [0.717, 1.165) is 17.0 Å². The van der Waals surface area contributed by atoms with E-state index in [1.807, 2.05) is 13.8 Å². The lowest BCUT2D eigenvalue weighted by atomic mass is 10.1. The van der Waals surface area contributed by atoms with Gasteiger partial charge in [-0.1, -0.05) is 59.4 Å². The van der Waals surface area contributed by atoms with Crippen LogP contribution in [0.2, 0.25) is 20.1 Å². The lowest BCUT2D eigenvalue weighted by Gasteiger charge is -2.30. The first-order valence-electron chi connectivity index (χ1n) is 11.7. The Kier molecular flexibility index (Phi) is 11.8. The molecule has 2 aromatic carbocycles. The monoisotopic (exact) mass is 609 g/mol. The smallest absolute Gasteiger partial charge is 0.242 e. The fourth-order valence-electron chi connectivity index (χ4n) is 3.56. The van der Waals surface area contributed by atoms with Gasteiger partial charge in [-0.25, -0.2) is 8.42 Å². The van der Waals surface area contributed by atoms with E-state index in [2.05, 4.69) is 5.32 Å². The number of nitrogens with zero attached hydrogens (tertiary/aromatic N) is 2. The van der Waals surface area contributed by atoms with Gasteiger partial charge in [0, 0.05) is 46.2 Å². The van der Waals surface area contributed by atoms with Gasteiger partial charge in [-0.3, -0.25) is 13.9 Å². The molecule has 0 saturated carbocycles. The van der Waals surface area contributed by atoms with Crippen molar-refractivity contribution in [3.05, 3.63) is 62.1 Å². The molecule has 37 heavy (non-hydrogen) atoms. The number of anilines is 1. The fraction of sp³-hybridized carbons (Fsp3) is 0.440. The van der Waals surface area contributed by atoms with Crippen molar-refractivity contribution >= 4 is 73.9 Å². The summed E-state index contributed by atoms with van der Waals surface area (Å²) in [5.74, 6) is -0.664. The molecule has 2 aromatic rings. The van der Waals surface area contributed by atoms with E-state index in [0.29, 0.717) is 20.6 Å². The lowest BCUT2D eigenvalue weighted by molar-refractivity contribution is -0.140. The molecule has 2 unspecified atom stereocenters. The van der Waals surface area contributed by atoms with E-state index in [9.17, 15) is 18.0 Å². The van der Waals surface area contributed by atoms with Gasteiger partial charge in [0.15, 0.2) is 0 Å². The first kappa shape index (κ1) is 31.5. The maximum Gasteiger partial charge on any atom is 0.242 e. The Morgan fingerprint density at radius 1 is 1.00 bits per heavy atom. The molecule has 204 valence electrons. The Morgan fingerprint density at radius 2 is 1.62 bits per heavy atom. The van der Waals surface area contributed by atoms with Crippen LogP contribution in [0.1, 0.15) is 45.6 Å². The van der Waals surface area contributed by atoms with Crippen LogP contribution in [-0.2, 0) is 26.2 Å². The third kappa shape index (κ3) is 8.93. The molecule has 0 aliphatic heterocycles. The Labute approximate surface area is 239 Å². The van der Waals surface area contributed by atoms with E-state index in [4.69, 9.17) is 46.4 Å². The summed E-state index contributed by atoms with van der Waals surface area (Å²) in [7, 11) is -3.72. The van der Waals surface area contributed by atoms with E-state index in [-0.39, 0.29) is 54.5 Å². The van der Waals surface area contributed by atoms with Crippen molar-refractivity contribution < 1.29 is 18.0 Å². The van der Waals surface area contributed by atoms with Crippen molar-refractivity contribution in [2.24, 2.45) is 0 Å². The van der Waals surface area contributed by atoms with Crippen molar-refractivity contribution in [2.75, 3.05) is 17.1 Å². The Bertz CT molecular complexity index is 1210. The quantitative estimate of drug-likeness (QED) is 0.311. The maximum absolute atomic E-state index is 13.4. The number of carbonyl (C=O) groups is 2. The van der Waals surface area contributed by atoms with Crippen LogP contribution in [0.15, 0.2) is 36.4 Å². The minimum Gasteiger partial charge on any atom is -0.352 e. The van der Waals surface area contributed by atoms with Crippen LogP contribution in [0.5, 0.6) is 0 Å². The van der Waals surface area contributed by atoms with Gasteiger partial charge in [0.1, 0.15) is 6.04 Å². The van der Waals surface area contributed by atoms with Crippen molar-refractivity contribution in [2.45, 2.75) is 58.7 Å². The summed E-state index contributed by atoms with van der Waals surface area (Å²) < 4.78 is 26.1. The Morgan fingerprint density at radius 3 is 2.19 bits per heavy atom. The number of carbonyl (C=O) groups excluding carboxylic acids is 2. The number of hydrogen-bond donors (Lipinski definition) is 1. The summed E-state index contributed by atoms with van der Waals surface area (Å²) in [6.45, 7) is 5.46. The molecule has 2 rings (SSSR count). The first-order chi connectivity index (χ1) is 17.3. The molecular formula is C25H31Cl4N3O4S. The summed E-state index contributed by atoms with van der Waals surface area (Å²) in [5, 5.41) is 4.18. The third-order valence-corrected chi connectivity index (χ3v) is 8.33. The highest BCUT2D eigenvalue weighted by Gasteiger charge is 2.28. The average Bonchev–Trinajstić information content (AvgIpc) is 2.82. The molecule has 0 aliphatic rings. The summed E-state index contributed by atoms with van der Waals surface area (Å²) in [5.41, 5.74) is 0.746. The summed E-state index contributed by atoms with van der Waals surface area (Å²) >= 11 is 25.0. The van der Waals surface area contributed by atoms with Crippen LogP contribution >= 0.6 is 46.4 Å². The van der Waals surface area contributed by atoms with Gasteiger partial charge in [0.05, 0.1) is 17.0 Å². The molecule has 0 spiro atoms. The van der Waals surface area contributed by atoms with Crippen molar-refractivity contribution in [3.63, 3.8) is 0 Å². The van der Waals surface area contributed by atoms with Crippen LogP contribution in [0, 0.1) is 0 Å². The zero-order chi connectivity index (χ0) is 27.9. The van der Waals surface area contributed by atoms with Crippen molar-refractivity contribution in [3.8, 4) is 0 Å². The molecule has 12 heteroatoms. The molecular weight excluding hydrogens is 580 g/mol. The second-order valence-corrected chi connectivity index (χ2v) is 12.3. The molecule has 0 aromatic heterocycles. The van der Waals surface area contributed by atoms with Gasteiger partial charge >= 0.3 is 0 Å². The minimum absolute atomic E-state index is 0.0151. The fourth-order valence-corrected chi connectivity index (χ4v) is 5.48.